The molecule has 0 aliphatic heterocycles. The largest absolute Gasteiger partial charge is 0.425 e. The van der Waals surface area contributed by atoms with Crippen LogP contribution in [-0.4, -0.2) is 42.0 Å². The molecule has 0 radical (unpaired) electrons. The van der Waals surface area contributed by atoms with Crippen molar-refractivity contribution in [3.63, 3.8) is 0 Å². The van der Waals surface area contributed by atoms with Crippen LogP contribution < -0.4 is 0 Å². The normalized spacial score (nSPS) is 16.0. The highest BCUT2D eigenvalue weighted by molar-refractivity contribution is 5.54. The van der Waals surface area contributed by atoms with E-state index >= 15 is 0 Å². The van der Waals surface area contributed by atoms with Crippen molar-refractivity contribution in [1.29, 1.82) is 5.39 Å². The van der Waals surface area contributed by atoms with Crippen LogP contribution in [0.1, 0.15) is 5.56 Å². The number of hydrogen-bond donors (Lipinski definition) is 0. The fourth-order valence-corrected chi connectivity index (χ4v) is 2.16. The monoisotopic (exact) mass is 505 g/mol. The lowest BCUT2D eigenvalue weighted by Crippen LogP contribution is -2.72. The minimum absolute atomic E-state index is 0.218. The molecule has 0 saturated heterocycles. The molecule has 0 fully saturated rings. The minimum atomic E-state index is -8.39. The second-order valence-corrected chi connectivity index (χ2v) is 6.02. The number of benzene rings is 1. The van der Waals surface area contributed by atoms with Crippen LogP contribution >= 0.6 is 0 Å². The summed E-state index contributed by atoms with van der Waals surface area (Å²) < 4.78 is 212. The first-order chi connectivity index (χ1) is 14.0. The molecule has 1 unspecified atom stereocenters. The van der Waals surface area contributed by atoms with Gasteiger partial charge in [-0.2, -0.15) is 65.9 Å². The Hall–Kier alpha value is -2.48. The second kappa shape index (κ2) is 7.54. The third-order valence-corrected chi connectivity index (χ3v) is 3.95. The summed E-state index contributed by atoms with van der Waals surface area (Å²) in [7, 11) is 0. The topological polar surface area (TPSA) is 28.1 Å². The zero-order valence-corrected chi connectivity index (χ0v) is 14.3. The molecule has 0 aliphatic carbocycles. The Labute approximate surface area is 165 Å². The van der Waals surface area contributed by atoms with Crippen molar-refractivity contribution in [2.45, 2.75) is 47.9 Å². The van der Waals surface area contributed by atoms with Crippen LogP contribution in [0.3, 0.4) is 0 Å². The number of alkyl halides is 16. The van der Waals surface area contributed by atoms with Gasteiger partial charge in [0.1, 0.15) is 5.56 Å². The fourth-order valence-electron chi connectivity index (χ4n) is 2.16. The van der Waals surface area contributed by atoms with Gasteiger partial charge in [0.25, 0.3) is 6.17 Å². The molecule has 0 bridgehead atoms. The maximum atomic E-state index is 14.0. The van der Waals surface area contributed by atoms with E-state index in [0.29, 0.717) is 12.1 Å². The van der Waals surface area contributed by atoms with Crippen molar-refractivity contribution in [3.05, 3.63) is 34.8 Å². The molecular formula is C14H5F16N2+. The molecule has 1 rings (SSSR count). The average molecular weight is 505 g/mol. The molecular weight excluding hydrogens is 500 g/mol. The van der Waals surface area contributed by atoms with Gasteiger partial charge in [0.05, 0.1) is 0 Å². The Morgan fingerprint density at radius 1 is 0.625 bits per heavy atom. The van der Waals surface area contributed by atoms with Crippen molar-refractivity contribution in [1.82, 2.24) is 0 Å². The van der Waals surface area contributed by atoms with Gasteiger partial charge in [-0.15, -0.1) is 0 Å². The van der Waals surface area contributed by atoms with Crippen LogP contribution in [0.25, 0.3) is 4.98 Å². The molecule has 1 aromatic rings. The van der Waals surface area contributed by atoms with Crippen LogP contribution in [0.4, 0.5) is 75.9 Å². The highest BCUT2D eigenvalue weighted by Crippen LogP contribution is 2.63. The van der Waals surface area contributed by atoms with Gasteiger partial charge in [0.15, 0.2) is 4.98 Å². The Balaban J connectivity index is 3.72. The average Bonchev–Trinajstić information content (AvgIpc) is 2.65. The van der Waals surface area contributed by atoms with Gasteiger partial charge >= 0.3 is 47.4 Å². The van der Waals surface area contributed by atoms with Crippen LogP contribution in [0.15, 0.2) is 24.3 Å². The highest BCUT2D eigenvalue weighted by atomic mass is 19.4. The van der Waals surface area contributed by atoms with Crippen molar-refractivity contribution in [2.24, 2.45) is 0 Å². The van der Waals surface area contributed by atoms with Gasteiger partial charge in [-0.25, -0.2) is 4.39 Å². The smallest absolute Gasteiger partial charge is 0.230 e. The van der Waals surface area contributed by atoms with Crippen molar-refractivity contribution >= 4 is 5.69 Å². The number of rotatable bonds is 7. The van der Waals surface area contributed by atoms with Gasteiger partial charge in [-0.3, -0.25) is 0 Å². The summed E-state index contributed by atoms with van der Waals surface area (Å²) in [6, 6.07) is 1.01. The van der Waals surface area contributed by atoms with E-state index in [2.05, 4.69) is 0 Å². The Morgan fingerprint density at radius 2 is 1.03 bits per heavy atom. The van der Waals surface area contributed by atoms with Crippen molar-refractivity contribution in [2.75, 3.05) is 0 Å². The minimum Gasteiger partial charge on any atom is -0.230 e. The zero-order valence-electron chi connectivity index (χ0n) is 14.3. The van der Waals surface area contributed by atoms with E-state index in [1.807, 2.05) is 4.98 Å². The number of diazo groups is 1. The van der Waals surface area contributed by atoms with E-state index in [1.165, 1.54) is 0 Å². The predicted octanol–water partition coefficient (Wildman–Crippen LogP) is 7.34. The van der Waals surface area contributed by atoms with E-state index < -0.39 is 59.1 Å². The summed E-state index contributed by atoms with van der Waals surface area (Å²) >= 11 is 0. The van der Waals surface area contributed by atoms with Crippen LogP contribution in [0, 0.1) is 5.39 Å². The number of hydrogen-bond acceptors (Lipinski definition) is 1. The van der Waals surface area contributed by atoms with Gasteiger partial charge in [-0.05, 0) is 6.07 Å². The molecule has 0 aromatic heterocycles. The Morgan fingerprint density at radius 3 is 1.44 bits per heavy atom. The standard InChI is InChI=1S/C14H5F16N2/c15-7(10(20,21)22)9(18,19)12(25,26)14(29,30)13(27,28)11(23,24)8(16,17)5-3-1-2-4-6(5)32-31/h1-4,7H/q+1. The second-order valence-electron chi connectivity index (χ2n) is 6.02. The molecule has 0 amide bonds. The molecule has 0 N–H and O–H groups in total. The third kappa shape index (κ3) is 3.58. The zero-order chi connectivity index (χ0) is 25.8. The predicted molar refractivity (Wildman–Crippen MR) is 70.8 cm³/mol. The lowest BCUT2D eigenvalue weighted by atomic mass is 9.87. The maximum absolute atomic E-state index is 14.0. The van der Waals surface area contributed by atoms with Gasteiger partial charge < -0.3 is 0 Å². The van der Waals surface area contributed by atoms with Gasteiger partial charge in [-0.1, -0.05) is 12.1 Å². The number of halogens is 16. The van der Waals surface area contributed by atoms with Crippen LogP contribution in [-0.2, 0) is 5.92 Å². The Kier molecular flexibility index (Phi) is 6.49. The first kappa shape index (κ1) is 27.6. The summed E-state index contributed by atoms with van der Waals surface area (Å²) in [5.74, 6) is -47.1. The van der Waals surface area contributed by atoms with E-state index in [1.54, 1.807) is 0 Å². The molecule has 182 valence electrons. The van der Waals surface area contributed by atoms with Gasteiger partial charge in [0, 0.05) is 6.07 Å². The fraction of sp³-hybridized carbons (Fsp3) is 0.571. The molecule has 32 heavy (non-hydrogen) atoms. The molecule has 0 spiro atoms. The molecule has 18 heteroatoms. The van der Waals surface area contributed by atoms with Crippen molar-refractivity contribution in [3.8, 4) is 0 Å². The van der Waals surface area contributed by atoms with Crippen LogP contribution in [0.2, 0.25) is 0 Å². The lowest BCUT2D eigenvalue weighted by molar-refractivity contribution is -0.437. The maximum Gasteiger partial charge on any atom is 0.425 e. The lowest BCUT2D eigenvalue weighted by Gasteiger charge is -2.41. The molecule has 1 aromatic carbocycles. The molecule has 2 nitrogen and oxygen atoms in total. The first-order valence-corrected chi connectivity index (χ1v) is 7.38. The Bertz CT molecular complexity index is 881. The molecule has 1 atom stereocenters. The van der Waals surface area contributed by atoms with Gasteiger partial charge in [0.2, 0.25) is 5.39 Å². The molecule has 0 heterocycles. The van der Waals surface area contributed by atoms with Crippen molar-refractivity contribution < 1.29 is 70.2 Å². The van der Waals surface area contributed by atoms with E-state index in [0.717, 1.165) is 0 Å². The van der Waals surface area contributed by atoms with E-state index in [4.69, 9.17) is 5.39 Å². The summed E-state index contributed by atoms with van der Waals surface area (Å²) in [6.07, 6.45) is -13.4. The first-order valence-electron chi connectivity index (χ1n) is 7.38. The summed E-state index contributed by atoms with van der Waals surface area (Å²) in [5, 5.41) is 8.43. The quantitative estimate of drug-likeness (QED) is 0.282. The highest BCUT2D eigenvalue weighted by Gasteiger charge is 2.92. The summed E-state index contributed by atoms with van der Waals surface area (Å²) in [6.45, 7) is 0. The summed E-state index contributed by atoms with van der Waals surface area (Å²) in [4.78, 5) is 1.94. The third-order valence-electron chi connectivity index (χ3n) is 3.95. The molecule has 0 saturated carbocycles. The number of nitrogens with zero attached hydrogens (tertiary/aromatic N) is 2. The molecule has 0 aliphatic rings. The SMILES string of the molecule is N#[N+]c1ccccc1C(F)(F)C(F)(F)C(F)(F)C(F)(F)C(F)(F)C(F)(F)C(F)C(F)(F)F. The van der Waals surface area contributed by atoms with E-state index in [-0.39, 0.29) is 12.1 Å². The van der Waals surface area contributed by atoms with E-state index in [9.17, 15) is 70.2 Å². The van der Waals surface area contributed by atoms with Crippen LogP contribution in [0.5, 0.6) is 0 Å². The summed E-state index contributed by atoms with van der Waals surface area (Å²) in [5.41, 5.74) is -4.18.